The van der Waals surface area contributed by atoms with Gasteiger partial charge in [0.2, 0.25) is 0 Å². The van der Waals surface area contributed by atoms with Crippen LogP contribution in [0.3, 0.4) is 0 Å². The quantitative estimate of drug-likeness (QED) is 0.846. The van der Waals surface area contributed by atoms with Crippen LogP contribution in [0.25, 0.3) is 0 Å². The molecule has 1 heterocycles. The average molecular weight is 230 g/mol. The molecule has 1 saturated carbocycles. The van der Waals surface area contributed by atoms with Crippen LogP contribution in [0.15, 0.2) is 24.3 Å². The Morgan fingerprint density at radius 1 is 1.12 bits per heavy atom. The summed E-state index contributed by atoms with van der Waals surface area (Å²) >= 11 is 0. The molecule has 0 spiro atoms. The van der Waals surface area contributed by atoms with E-state index in [4.69, 9.17) is 5.73 Å². The first-order chi connectivity index (χ1) is 8.24. The van der Waals surface area contributed by atoms with Crippen molar-refractivity contribution >= 4 is 5.69 Å². The molecule has 0 radical (unpaired) electrons. The van der Waals surface area contributed by atoms with E-state index < -0.39 is 0 Å². The Morgan fingerprint density at radius 3 is 2.24 bits per heavy atom. The SMILES string of the molecule is CC1CCN(c2ccc(C3CC3N)cc2)CC1. The molecule has 1 aromatic rings. The van der Waals surface area contributed by atoms with E-state index in [2.05, 4.69) is 36.1 Å². The van der Waals surface area contributed by atoms with Crippen LogP contribution in [0, 0.1) is 5.92 Å². The highest BCUT2D eigenvalue weighted by Gasteiger charge is 2.34. The summed E-state index contributed by atoms with van der Waals surface area (Å²) in [7, 11) is 0. The molecule has 3 rings (SSSR count). The highest BCUT2D eigenvalue weighted by molar-refractivity contribution is 5.49. The Labute approximate surface area is 104 Å². The van der Waals surface area contributed by atoms with Crippen LogP contribution in [0.5, 0.6) is 0 Å². The molecule has 17 heavy (non-hydrogen) atoms. The molecule has 1 aliphatic heterocycles. The van der Waals surface area contributed by atoms with Crippen molar-refractivity contribution in [2.75, 3.05) is 18.0 Å². The molecule has 2 heteroatoms. The van der Waals surface area contributed by atoms with E-state index in [0.29, 0.717) is 12.0 Å². The Hall–Kier alpha value is -1.02. The van der Waals surface area contributed by atoms with Gasteiger partial charge in [0.1, 0.15) is 0 Å². The number of hydrogen-bond acceptors (Lipinski definition) is 2. The zero-order chi connectivity index (χ0) is 11.8. The summed E-state index contributed by atoms with van der Waals surface area (Å²) in [5.74, 6) is 1.53. The largest absolute Gasteiger partial charge is 0.372 e. The number of rotatable bonds is 2. The summed E-state index contributed by atoms with van der Waals surface area (Å²) < 4.78 is 0. The van der Waals surface area contributed by atoms with Crippen molar-refractivity contribution in [1.29, 1.82) is 0 Å². The molecule has 2 atom stereocenters. The molecule has 1 aromatic carbocycles. The minimum absolute atomic E-state index is 0.414. The highest BCUT2D eigenvalue weighted by Crippen LogP contribution is 2.39. The van der Waals surface area contributed by atoms with E-state index in [-0.39, 0.29) is 0 Å². The molecule has 1 saturated heterocycles. The predicted molar refractivity (Wildman–Crippen MR) is 72.4 cm³/mol. The zero-order valence-electron chi connectivity index (χ0n) is 10.6. The summed E-state index contributed by atoms with van der Waals surface area (Å²) in [6.45, 7) is 4.78. The van der Waals surface area contributed by atoms with Gasteiger partial charge < -0.3 is 10.6 Å². The van der Waals surface area contributed by atoms with Gasteiger partial charge in [-0.2, -0.15) is 0 Å². The summed E-state index contributed by atoms with van der Waals surface area (Å²) in [6.07, 6.45) is 3.82. The van der Waals surface area contributed by atoms with Crippen molar-refractivity contribution in [1.82, 2.24) is 0 Å². The topological polar surface area (TPSA) is 29.3 Å². The second kappa shape index (κ2) is 4.34. The molecule has 2 fully saturated rings. The lowest BCUT2D eigenvalue weighted by Crippen LogP contribution is -2.32. The van der Waals surface area contributed by atoms with Gasteiger partial charge in [-0.25, -0.2) is 0 Å². The van der Waals surface area contributed by atoms with Gasteiger partial charge in [-0.1, -0.05) is 19.1 Å². The van der Waals surface area contributed by atoms with Crippen molar-refractivity contribution in [3.05, 3.63) is 29.8 Å². The molecule has 2 N–H and O–H groups in total. The van der Waals surface area contributed by atoms with Gasteiger partial charge in [-0.15, -0.1) is 0 Å². The fraction of sp³-hybridized carbons (Fsp3) is 0.600. The number of nitrogens with zero attached hydrogens (tertiary/aromatic N) is 1. The predicted octanol–water partition coefficient (Wildman–Crippen LogP) is 2.74. The number of piperidine rings is 1. The molecule has 2 nitrogen and oxygen atoms in total. The van der Waals surface area contributed by atoms with Crippen molar-refractivity contribution in [2.45, 2.75) is 38.1 Å². The molecule has 0 amide bonds. The third-order valence-electron chi connectivity index (χ3n) is 4.31. The Bertz CT molecular complexity index is 376. The summed E-state index contributed by atoms with van der Waals surface area (Å²) in [6, 6.07) is 9.50. The van der Waals surface area contributed by atoms with E-state index >= 15 is 0 Å². The van der Waals surface area contributed by atoms with Gasteiger partial charge in [0.25, 0.3) is 0 Å². The monoisotopic (exact) mass is 230 g/mol. The third-order valence-corrected chi connectivity index (χ3v) is 4.31. The first-order valence-electron chi connectivity index (χ1n) is 6.84. The van der Waals surface area contributed by atoms with Gasteiger partial charge in [-0.05, 0) is 42.9 Å². The second-order valence-electron chi connectivity index (χ2n) is 5.77. The van der Waals surface area contributed by atoms with Gasteiger partial charge in [0, 0.05) is 30.7 Å². The number of hydrogen-bond donors (Lipinski definition) is 1. The van der Waals surface area contributed by atoms with Crippen LogP contribution < -0.4 is 10.6 Å². The minimum atomic E-state index is 0.414. The standard InChI is InChI=1S/C15H22N2/c1-11-6-8-17(9-7-11)13-4-2-12(3-5-13)14-10-15(14)16/h2-5,11,14-15H,6-10,16H2,1H3. The molecular formula is C15H22N2. The Balaban J connectivity index is 1.67. The summed E-state index contributed by atoms with van der Waals surface area (Å²) in [5, 5.41) is 0. The van der Waals surface area contributed by atoms with E-state index in [1.54, 1.807) is 0 Å². The maximum atomic E-state index is 5.88. The molecule has 2 unspecified atom stereocenters. The van der Waals surface area contributed by atoms with E-state index in [1.165, 1.54) is 43.6 Å². The highest BCUT2D eigenvalue weighted by atomic mass is 15.1. The molecule has 2 aliphatic rings. The van der Waals surface area contributed by atoms with Crippen LogP contribution in [-0.4, -0.2) is 19.1 Å². The molecule has 92 valence electrons. The number of nitrogens with two attached hydrogens (primary N) is 1. The van der Waals surface area contributed by atoms with Crippen molar-refractivity contribution in [2.24, 2.45) is 11.7 Å². The first-order valence-corrected chi connectivity index (χ1v) is 6.84. The lowest BCUT2D eigenvalue weighted by Gasteiger charge is -2.32. The lowest BCUT2D eigenvalue weighted by atomic mass is 9.98. The third kappa shape index (κ3) is 2.32. The Kier molecular flexibility index (Phi) is 2.83. The van der Waals surface area contributed by atoms with Crippen molar-refractivity contribution in [3.63, 3.8) is 0 Å². The fourth-order valence-corrected chi connectivity index (χ4v) is 2.80. The number of benzene rings is 1. The van der Waals surface area contributed by atoms with Crippen LogP contribution in [0.2, 0.25) is 0 Å². The van der Waals surface area contributed by atoms with Crippen LogP contribution in [-0.2, 0) is 0 Å². The van der Waals surface area contributed by atoms with Crippen LogP contribution in [0.4, 0.5) is 5.69 Å². The van der Waals surface area contributed by atoms with E-state index in [9.17, 15) is 0 Å². The molecular weight excluding hydrogens is 208 g/mol. The minimum Gasteiger partial charge on any atom is -0.372 e. The molecule has 1 aliphatic carbocycles. The Morgan fingerprint density at radius 2 is 1.71 bits per heavy atom. The maximum absolute atomic E-state index is 5.88. The maximum Gasteiger partial charge on any atom is 0.0366 e. The fourth-order valence-electron chi connectivity index (χ4n) is 2.80. The van der Waals surface area contributed by atoms with Crippen molar-refractivity contribution < 1.29 is 0 Å². The van der Waals surface area contributed by atoms with Crippen molar-refractivity contribution in [3.8, 4) is 0 Å². The normalized spacial score (nSPS) is 29.4. The lowest BCUT2D eigenvalue weighted by molar-refractivity contribution is 0.438. The second-order valence-corrected chi connectivity index (χ2v) is 5.77. The van der Waals surface area contributed by atoms with E-state index in [0.717, 1.165) is 5.92 Å². The number of anilines is 1. The molecule has 0 bridgehead atoms. The molecule has 0 aromatic heterocycles. The first kappa shape index (κ1) is 11.1. The van der Waals surface area contributed by atoms with Gasteiger partial charge in [-0.3, -0.25) is 0 Å². The average Bonchev–Trinajstić information content (AvgIpc) is 3.08. The summed E-state index contributed by atoms with van der Waals surface area (Å²) in [5.41, 5.74) is 8.69. The summed E-state index contributed by atoms with van der Waals surface area (Å²) in [4.78, 5) is 2.51. The van der Waals surface area contributed by atoms with E-state index in [1.807, 2.05) is 0 Å². The van der Waals surface area contributed by atoms with Gasteiger partial charge in [0.15, 0.2) is 0 Å². The van der Waals surface area contributed by atoms with Gasteiger partial charge in [0.05, 0.1) is 0 Å². The van der Waals surface area contributed by atoms with Crippen LogP contribution >= 0.6 is 0 Å². The zero-order valence-corrected chi connectivity index (χ0v) is 10.6. The van der Waals surface area contributed by atoms with Crippen LogP contribution in [0.1, 0.15) is 37.7 Å². The van der Waals surface area contributed by atoms with Gasteiger partial charge >= 0.3 is 0 Å². The smallest absolute Gasteiger partial charge is 0.0366 e.